The van der Waals surface area contributed by atoms with E-state index >= 15 is 0 Å². The SMILES string of the molecule is O=c1c2c([nH]c3ccc(OCC(F)(F)F)cc13)CCOC2. The zero-order chi connectivity index (χ0) is 15.0. The number of benzene rings is 1. The highest BCUT2D eigenvalue weighted by atomic mass is 19.4. The van der Waals surface area contributed by atoms with E-state index in [-0.39, 0.29) is 17.8 Å². The normalized spacial score (nSPS) is 15.0. The molecule has 0 amide bonds. The van der Waals surface area contributed by atoms with Crippen LogP contribution in [0.5, 0.6) is 5.75 Å². The maximum absolute atomic E-state index is 12.3. The first-order valence-corrected chi connectivity index (χ1v) is 6.39. The maximum Gasteiger partial charge on any atom is 0.422 e. The van der Waals surface area contributed by atoms with Crippen LogP contribution in [0.25, 0.3) is 10.9 Å². The van der Waals surface area contributed by atoms with E-state index in [2.05, 4.69) is 9.72 Å². The van der Waals surface area contributed by atoms with Gasteiger partial charge in [-0.05, 0) is 18.2 Å². The predicted octanol–water partition coefficient (Wildman–Crippen LogP) is 2.54. The monoisotopic (exact) mass is 299 g/mol. The van der Waals surface area contributed by atoms with Gasteiger partial charge in [0, 0.05) is 28.6 Å². The van der Waals surface area contributed by atoms with Gasteiger partial charge in [0.05, 0.1) is 13.2 Å². The van der Waals surface area contributed by atoms with Gasteiger partial charge < -0.3 is 14.5 Å². The maximum atomic E-state index is 12.3. The topological polar surface area (TPSA) is 51.3 Å². The van der Waals surface area contributed by atoms with E-state index in [4.69, 9.17) is 4.74 Å². The molecular weight excluding hydrogens is 287 g/mol. The van der Waals surface area contributed by atoms with Gasteiger partial charge >= 0.3 is 6.18 Å². The van der Waals surface area contributed by atoms with Crippen molar-refractivity contribution in [2.75, 3.05) is 13.2 Å². The number of rotatable bonds is 2. The molecule has 0 atom stereocenters. The minimum Gasteiger partial charge on any atom is -0.484 e. The molecule has 0 radical (unpaired) electrons. The van der Waals surface area contributed by atoms with Crippen LogP contribution in [0.3, 0.4) is 0 Å². The van der Waals surface area contributed by atoms with Crippen molar-refractivity contribution in [2.24, 2.45) is 0 Å². The Balaban J connectivity index is 2.01. The lowest BCUT2D eigenvalue weighted by Gasteiger charge is -2.17. The lowest BCUT2D eigenvalue weighted by Crippen LogP contribution is -2.22. The molecule has 3 rings (SSSR count). The van der Waals surface area contributed by atoms with Gasteiger partial charge in [-0.3, -0.25) is 4.79 Å². The Morgan fingerprint density at radius 3 is 2.90 bits per heavy atom. The number of H-pyrrole nitrogens is 1. The van der Waals surface area contributed by atoms with Crippen molar-refractivity contribution < 1.29 is 22.6 Å². The molecule has 0 aliphatic carbocycles. The molecule has 4 nitrogen and oxygen atoms in total. The summed E-state index contributed by atoms with van der Waals surface area (Å²) in [6.07, 6.45) is -3.79. The molecule has 112 valence electrons. The van der Waals surface area contributed by atoms with Crippen LogP contribution >= 0.6 is 0 Å². The second-order valence-corrected chi connectivity index (χ2v) is 4.83. The number of nitrogens with one attached hydrogen (secondary N) is 1. The molecule has 1 aromatic carbocycles. The number of fused-ring (bicyclic) bond motifs is 2. The second kappa shape index (κ2) is 5.07. The van der Waals surface area contributed by atoms with Crippen molar-refractivity contribution in [1.82, 2.24) is 4.98 Å². The summed E-state index contributed by atoms with van der Waals surface area (Å²) in [6, 6.07) is 4.29. The molecule has 0 saturated heterocycles. The molecule has 21 heavy (non-hydrogen) atoms. The van der Waals surface area contributed by atoms with Gasteiger partial charge in [0.2, 0.25) is 0 Å². The summed E-state index contributed by atoms with van der Waals surface area (Å²) in [5, 5.41) is 0.305. The standard InChI is InChI=1S/C14H12F3NO3/c15-14(16,17)7-21-8-1-2-11-9(5-8)13(19)10-6-20-4-3-12(10)18-11/h1-2,5H,3-4,6-7H2,(H,18,19). The minimum absolute atomic E-state index is 0.0157. The highest BCUT2D eigenvalue weighted by molar-refractivity contribution is 5.81. The molecule has 1 N–H and O–H groups in total. The zero-order valence-electron chi connectivity index (χ0n) is 10.9. The number of aromatic nitrogens is 1. The minimum atomic E-state index is -4.41. The van der Waals surface area contributed by atoms with E-state index in [1.807, 2.05) is 0 Å². The van der Waals surface area contributed by atoms with Crippen LogP contribution in [-0.2, 0) is 17.8 Å². The Morgan fingerprint density at radius 2 is 2.14 bits per heavy atom. The number of hydrogen-bond donors (Lipinski definition) is 1. The number of aromatic amines is 1. The van der Waals surface area contributed by atoms with Crippen LogP contribution in [0.4, 0.5) is 13.2 Å². The molecule has 0 bridgehead atoms. The molecule has 2 aromatic rings. The van der Waals surface area contributed by atoms with E-state index in [0.29, 0.717) is 29.5 Å². The Kier molecular flexibility index (Phi) is 3.36. The first kappa shape index (κ1) is 13.9. The highest BCUT2D eigenvalue weighted by Crippen LogP contribution is 2.23. The quantitative estimate of drug-likeness (QED) is 0.927. The van der Waals surface area contributed by atoms with Gasteiger partial charge in [-0.1, -0.05) is 0 Å². The first-order valence-electron chi connectivity index (χ1n) is 6.39. The zero-order valence-corrected chi connectivity index (χ0v) is 10.9. The van der Waals surface area contributed by atoms with Gasteiger partial charge in [-0.2, -0.15) is 13.2 Å². The van der Waals surface area contributed by atoms with Crippen molar-refractivity contribution in [2.45, 2.75) is 19.2 Å². The first-order chi connectivity index (χ1) is 9.94. The van der Waals surface area contributed by atoms with Gasteiger partial charge in [0.1, 0.15) is 5.75 Å². The molecule has 1 aromatic heterocycles. The Morgan fingerprint density at radius 1 is 1.33 bits per heavy atom. The van der Waals surface area contributed by atoms with Gasteiger partial charge in [-0.15, -0.1) is 0 Å². The van der Waals surface area contributed by atoms with Crippen LogP contribution in [0.1, 0.15) is 11.3 Å². The fraction of sp³-hybridized carbons (Fsp3) is 0.357. The predicted molar refractivity (Wildman–Crippen MR) is 69.5 cm³/mol. The van der Waals surface area contributed by atoms with Gasteiger partial charge in [0.25, 0.3) is 0 Å². The van der Waals surface area contributed by atoms with Crippen LogP contribution in [0.15, 0.2) is 23.0 Å². The van der Waals surface area contributed by atoms with Crippen molar-refractivity contribution in [1.29, 1.82) is 0 Å². The molecule has 0 fully saturated rings. The van der Waals surface area contributed by atoms with Crippen molar-refractivity contribution in [3.05, 3.63) is 39.7 Å². The molecule has 7 heteroatoms. The third-order valence-electron chi connectivity index (χ3n) is 3.30. The van der Waals surface area contributed by atoms with Crippen molar-refractivity contribution in [3.8, 4) is 5.75 Å². The molecule has 0 unspecified atom stereocenters. The number of pyridine rings is 1. The van der Waals surface area contributed by atoms with E-state index in [1.54, 1.807) is 6.07 Å². The highest BCUT2D eigenvalue weighted by Gasteiger charge is 2.28. The average Bonchev–Trinajstić information content (AvgIpc) is 2.45. The van der Waals surface area contributed by atoms with E-state index in [9.17, 15) is 18.0 Å². The molecule has 2 heterocycles. The smallest absolute Gasteiger partial charge is 0.422 e. The largest absolute Gasteiger partial charge is 0.484 e. The number of alkyl halides is 3. The summed E-state index contributed by atoms with van der Waals surface area (Å²) >= 11 is 0. The molecule has 0 spiro atoms. The van der Waals surface area contributed by atoms with Gasteiger partial charge in [-0.25, -0.2) is 0 Å². The fourth-order valence-corrected chi connectivity index (χ4v) is 2.33. The molecule has 1 aliphatic rings. The lowest BCUT2D eigenvalue weighted by atomic mass is 10.1. The Hall–Kier alpha value is -2.02. The lowest BCUT2D eigenvalue weighted by molar-refractivity contribution is -0.153. The summed E-state index contributed by atoms with van der Waals surface area (Å²) in [7, 11) is 0. The van der Waals surface area contributed by atoms with Crippen LogP contribution in [-0.4, -0.2) is 24.4 Å². The summed E-state index contributed by atoms with van der Waals surface area (Å²) in [5.74, 6) is 0.0157. The van der Waals surface area contributed by atoms with Crippen molar-refractivity contribution in [3.63, 3.8) is 0 Å². The van der Waals surface area contributed by atoms with E-state index in [1.165, 1.54) is 12.1 Å². The molecule has 0 saturated carbocycles. The number of halogens is 3. The average molecular weight is 299 g/mol. The van der Waals surface area contributed by atoms with E-state index < -0.39 is 12.8 Å². The number of ether oxygens (including phenoxy) is 2. The van der Waals surface area contributed by atoms with Gasteiger partial charge in [0.15, 0.2) is 12.0 Å². The Labute approximate surface area is 117 Å². The second-order valence-electron chi connectivity index (χ2n) is 4.83. The van der Waals surface area contributed by atoms with E-state index in [0.717, 1.165) is 5.69 Å². The van der Waals surface area contributed by atoms with Crippen molar-refractivity contribution >= 4 is 10.9 Å². The fourth-order valence-electron chi connectivity index (χ4n) is 2.33. The Bertz CT molecular complexity index is 737. The molecule has 1 aliphatic heterocycles. The molecular formula is C14H12F3NO3. The van der Waals surface area contributed by atoms with Crippen LogP contribution < -0.4 is 10.2 Å². The van der Waals surface area contributed by atoms with Crippen LogP contribution in [0.2, 0.25) is 0 Å². The summed E-state index contributed by atoms with van der Waals surface area (Å²) in [4.78, 5) is 15.5. The summed E-state index contributed by atoms with van der Waals surface area (Å²) in [5.41, 5.74) is 1.71. The third-order valence-corrected chi connectivity index (χ3v) is 3.30. The summed E-state index contributed by atoms with van der Waals surface area (Å²) in [6.45, 7) is -0.625. The number of hydrogen-bond acceptors (Lipinski definition) is 3. The van der Waals surface area contributed by atoms with Crippen LogP contribution in [0, 0.1) is 0 Å². The summed E-state index contributed by atoms with van der Waals surface area (Å²) < 4.78 is 46.4. The third kappa shape index (κ3) is 2.87.